The molecule has 0 aromatic carbocycles. The number of fused-ring (bicyclic) bond motifs is 2. The van der Waals surface area contributed by atoms with Crippen LogP contribution < -0.4 is 4.90 Å². The van der Waals surface area contributed by atoms with Gasteiger partial charge in [-0.25, -0.2) is 28.9 Å². The number of hydrogen-bond donors (Lipinski definition) is 1. The Morgan fingerprint density at radius 1 is 1.45 bits per heavy atom. The van der Waals surface area contributed by atoms with E-state index < -0.39 is 41.6 Å². The molecule has 4 atom stereocenters. The van der Waals surface area contributed by atoms with Gasteiger partial charge in [-0.05, 0) is 26.7 Å². The molecule has 4 heterocycles. The predicted octanol–water partition coefficient (Wildman–Crippen LogP) is 2.65. The lowest BCUT2D eigenvalue weighted by Crippen LogP contribution is -2.47. The SMILES string of the molecule is C#C[C@@]12OC(=O)O[C@@H]1[C@@](F)(CI)O[C@H]2n1cnc2c(N(C(=O)O)C(C)(C)C)ncnc21. The Labute approximate surface area is 189 Å². The molecule has 0 bridgehead atoms. The first kappa shape index (κ1) is 21.5. The molecule has 0 unspecified atom stereocenters. The van der Waals surface area contributed by atoms with Gasteiger partial charge in [-0.3, -0.25) is 9.47 Å². The van der Waals surface area contributed by atoms with Crippen molar-refractivity contribution in [2.75, 3.05) is 9.33 Å². The molecule has 2 aliphatic rings. The lowest BCUT2D eigenvalue weighted by molar-refractivity contribution is -0.175. The average Bonchev–Trinajstić information content (AvgIpc) is 3.32. The third kappa shape index (κ3) is 2.99. The summed E-state index contributed by atoms with van der Waals surface area (Å²) in [5.41, 5.74) is -2.54. The van der Waals surface area contributed by atoms with E-state index in [-0.39, 0.29) is 21.4 Å². The Hall–Kier alpha value is -2.73. The van der Waals surface area contributed by atoms with E-state index in [9.17, 15) is 14.7 Å². The molecule has 0 spiro atoms. The lowest BCUT2D eigenvalue weighted by Gasteiger charge is -2.32. The summed E-state index contributed by atoms with van der Waals surface area (Å²) in [4.78, 5) is 37.3. The molecule has 13 heteroatoms. The van der Waals surface area contributed by atoms with Crippen LogP contribution in [0.25, 0.3) is 11.2 Å². The van der Waals surface area contributed by atoms with Gasteiger partial charge in [-0.1, -0.05) is 22.6 Å². The van der Waals surface area contributed by atoms with Gasteiger partial charge in [0, 0.05) is 5.54 Å². The van der Waals surface area contributed by atoms with Crippen molar-refractivity contribution in [3.63, 3.8) is 0 Å². The normalized spacial score (nSPS) is 29.9. The zero-order valence-corrected chi connectivity index (χ0v) is 18.7. The quantitative estimate of drug-likeness (QED) is 0.268. The van der Waals surface area contributed by atoms with E-state index in [1.807, 2.05) is 0 Å². The molecule has 164 valence electrons. The molecule has 1 amide bonds. The number of halogens is 2. The number of amides is 1. The molecule has 31 heavy (non-hydrogen) atoms. The van der Waals surface area contributed by atoms with Crippen LogP contribution in [0.1, 0.15) is 27.0 Å². The van der Waals surface area contributed by atoms with Crippen LogP contribution in [0.3, 0.4) is 0 Å². The molecule has 2 fully saturated rings. The van der Waals surface area contributed by atoms with E-state index in [0.717, 1.165) is 11.2 Å². The van der Waals surface area contributed by atoms with Crippen LogP contribution in [0.2, 0.25) is 0 Å². The van der Waals surface area contributed by atoms with Crippen LogP contribution in [-0.2, 0) is 14.2 Å². The maximum Gasteiger partial charge on any atom is 0.510 e. The molecule has 2 aliphatic heterocycles. The molecule has 4 rings (SSSR count). The van der Waals surface area contributed by atoms with Crippen molar-refractivity contribution in [3.05, 3.63) is 12.7 Å². The minimum atomic E-state index is -2.42. The number of imidazole rings is 1. The van der Waals surface area contributed by atoms with Crippen LogP contribution in [0.5, 0.6) is 0 Å². The number of rotatable bonds is 3. The van der Waals surface area contributed by atoms with Crippen molar-refractivity contribution >= 4 is 51.8 Å². The summed E-state index contributed by atoms with van der Waals surface area (Å²) in [5, 5.41) is 9.73. The Morgan fingerprint density at radius 3 is 2.74 bits per heavy atom. The molecular weight excluding hydrogens is 528 g/mol. The van der Waals surface area contributed by atoms with Crippen molar-refractivity contribution in [2.45, 2.75) is 50.1 Å². The van der Waals surface area contributed by atoms with Gasteiger partial charge in [0.05, 0.1) is 10.8 Å². The molecule has 0 aliphatic carbocycles. The number of anilines is 1. The third-order valence-corrected chi connectivity index (χ3v) is 6.04. The number of carbonyl (C=O) groups is 2. The molecule has 2 saturated heterocycles. The summed E-state index contributed by atoms with van der Waals surface area (Å²) in [6, 6.07) is 0. The summed E-state index contributed by atoms with van der Waals surface area (Å²) < 4.78 is 32.4. The number of carbonyl (C=O) groups excluding carboxylic acids is 1. The van der Waals surface area contributed by atoms with Gasteiger partial charge in [0.1, 0.15) is 6.33 Å². The molecule has 2 aromatic heterocycles. The summed E-state index contributed by atoms with van der Waals surface area (Å²) in [6.07, 6.45) is 2.81. The first-order chi connectivity index (χ1) is 14.5. The van der Waals surface area contributed by atoms with E-state index in [1.165, 1.54) is 10.9 Å². The van der Waals surface area contributed by atoms with Gasteiger partial charge < -0.3 is 19.3 Å². The van der Waals surface area contributed by atoms with Gasteiger partial charge in [0.15, 0.2) is 23.2 Å². The summed E-state index contributed by atoms with van der Waals surface area (Å²) >= 11 is 1.75. The van der Waals surface area contributed by atoms with Crippen molar-refractivity contribution in [1.82, 2.24) is 19.5 Å². The second-order valence-corrected chi connectivity index (χ2v) is 8.75. The van der Waals surface area contributed by atoms with Crippen LogP contribution in [-0.4, -0.2) is 64.4 Å². The molecule has 2 aromatic rings. The van der Waals surface area contributed by atoms with Crippen molar-refractivity contribution in [1.29, 1.82) is 0 Å². The standard InChI is InChI=1S/C18H17FIN5O6/c1-5-17-12(29-15(28)31-17)18(19,6-20)30-13(17)24-8-23-9-10(24)21-7-22-11(9)25(14(26)27)16(2,3)4/h1,7-8,12-13H,6H2,2-4H3,(H,26,27)/t12-,13+,17+,18+/m0/s1. The Balaban J connectivity index is 1.90. The Morgan fingerprint density at radius 2 is 2.16 bits per heavy atom. The maximum absolute atomic E-state index is 15.5. The number of carboxylic acid groups (broad SMARTS) is 1. The van der Waals surface area contributed by atoms with E-state index >= 15 is 4.39 Å². The minimum Gasteiger partial charge on any atom is -0.465 e. The Kier molecular flexibility index (Phi) is 4.78. The van der Waals surface area contributed by atoms with Crippen LogP contribution in [0.4, 0.5) is 19.8 Å². The smallest absolute Gasteiger partial charge is 0.465 e. The first-order valence-corrected chi connectivity index (χ1v) is 10.5. The zero-order valence-electron chi connectivity index (χ0n) is 16.6. The molecule has 11 nitrogen and oxygen atoms in total. The average molecular weight is 545 g/mol. The van der Waals surface area contributed by atoms with Crippen molar-refractivity contribution in [2.24, 2.45) is 0 Å². The topological polar surface area (TPSA) is 129 Å². The fourth-order valence-corrected chi connectivity index (χ4v) is 4.31. The third-order valence-electron chi connectivity index (χ3n) is 5.00. The number of aromatic nitrogens is 4. The summed E-state index contributed by atoms with van der Waals surface area (Å²) in [5.74, 6) is -0.0912. The van der Waals surface area contributed by atoms with Gasteiger partial charge >= 0.3 is 12.2 Å². The summed E-state index contributed by atoms with van der Waals surface area (Å²) in [6.45, 7) is 5.08. The van der Waals surface area contributed by atoms with E-state index in [1.54, 1.807) is 43.4 Å². The number of nitrogens with zero attached hydrogens (tertiary/aromatic N) is 5. The van der Waals surface area contributed by atoms with Crippen molar-refractivity contribution in [3.8, 4) is 12.3 Å². The van der Waals surface area contributed by atoms with E-state index in [0.29, 0.717) is 0 Å². The molecule has 0 saturated carbocycles. The number of alkyl halides is 2. The highest BCUT2D eigenvalue weighted by molar-refractivity contribution is 14.1. The minimum absolute atomic E-state index is 0.0214. The highest BCUT2D eigenvalue weighted by Gasteiger charge is 2.73. The van der Waals surface area contributed by atoms with Gasteiger partial charge in [-0.2, -0.15) is 0 Å². The number of ether oxygens (including phenoxy) is 3. The van der Waals surface area contributed by atoms with Gasteiger partial charge in [0.25, 0.3) is 11.5 Å². The van der Waals surface area contributed by atoms with Crippen LogP contribution in [0.15, 0.2) is 12.7 Å². The Bertz CT molecular complexity index is 1130. The highest BCUT2D eigenvalue weighted by atomic mass is 127. The van der Waals surface area contributed by atoms with Crippen LogP contribution >= 0.6 is 22.6 Å². The largest absolute Gasteiger partial charge is 0.510 e. The van der Waals surface area contributed by atoms with Crippen molar-refractivity contribution < 1.29 is 33.3 Å². The van der Waals surface area contributed by atoms with E-state index in [2.05, 4.69) is 20.9 Å². The van der Waals surface area contributed by atoms with Gasteiger partial charge in [-0.15, -0.1) is 6.42 Å². The number of hydrogen-bond acceptors (Lipinski definition) is 8. The summed E-state index contributed by atoms with van der Waals surface area (Å²) in [7, 11) is 0. The second-order valence-electron chi connectivity index (χ2n) is 7.99. The first-order valence-electron chi connectivity index (χ1n) is 8.99. The second kappa shape index (κ2) is 6.89. The fourth-order valence-electron chi connectivity index (χ4n) is 3.73. The van der Waals surface area contributed by atoms with E-state index in [4.69, 9.17) is 20.6 Å². The molecule has 0 radical (unpaired) electrons. The number of terminal acetylenes is 1. The van der Waals surface area contributed by atoms with Gasteiger partial charge in [0.2, 0.25) is 6.10 Å². The fraction of sp³-hybridized carbons (Fsp3) is 0.500. The monoisotopic (exact) mass is 545 g/mol. The lowest BCUT2D eigenvalue weighted by atomic mass is 9.94. The zero-order chi connectivity index (χ0) is 22.8. The molecule has 1 N–H and O–H groups in total. The maximum atomic E-state index is 15.5. The predicted molar refractivity (Wildman–Crippen MR) is 111 cm³/mol. The highest BCUT2D eigenvalue weighted by Crippen LogP contribution is 2.53. The van der Waals surface area contributed by atoms with Crippen LogP contribution in [0, 0.1) is 12.3 Å². The molecular formula is C18H17FIN5O6.